The van der Waals surface area contributed by atoms with Crippen LogP contribution in [0.2, 0.25) is 0 Å². The molecule has 0 aromatic rings. The molecule has 0 saturated carbocycles. The van der Waals surface area contributed by atoms with E-state index in [1.165, 1.54) is 7.11 Å². The topological polar surface area (TPSA) is 124 Å². The summed E-state index contributed by atoms with van der Waals surface area (Å²) in [6.07, 6.45) is -3.58. The predicted octanol–water partition coefficient (Wildman–Crippen LogP) is 0.967. The Hall–Kier alpha value is -0.970. The van der Waals surface area contributed by atoms with Crippen LogP contribution >= 0.6 is 0 Å². The second-order valence-corrected chi connectivity index (χ2v) is 6.87. The van der Waals surface area contributed by atoms with Crippen LogP contribution in [0.5, 0.6) is 0 Å². The van der Waals surface area contributed by atoms with Crippen LogP contribution in [0, 0.1) is 5.92 Å². The summed E-state index contributed by atoms with van der Waals surface area (Å²) < 4.78 is 34.6. The molecule has 3 rings (SSSR count). The molecule has 0 aromatic carbocycles. The lowest BCUT2D eigenvalue weighted by molar-refractivity contribution is -0.318. The Bertz CT molecular complexity index is 532. The fraction of sp³-hybridized carbons (Fsp3) is 1.00. The van der Waals surface area contributed by atoms with Gasteiger partial charge in [-0.2, -0.15) is 0 Å². The molecule has 148 valence electrons. The molecule has 3 heterocycles. The highest BCUT2D eigenvalue weighted by atomic mass is 16.8. The van der Waals surface area contributed by atoms with Gasteiger partial charge in [0.1, 0.15) is 24.4 Å². The van der Waals surface area contributed by atoms with Gasteiger partial charge in [-0.3, -0.25) is 0 Å². The van der Waals surface area contributed by atoms with Gasteiger partial charge in [0.05, 0.1) is 24.9 Å². The van der Waals surface area contributed by atoms with Crippen molar-refractivity contribution in [2.45, 2.75) is 75.5 Å². The van der Waals surface area contributed by atoms with Crippen molar-refractivity contribution in [2.24, 2.45) is 11.0 Å². The van der Waals surface area contributed by atoms with Gasteiger partial charge >= 0.3 is 0 Å². The number of ether oxygens (including phenoxy) is 6. The molecule has 10 nitrogen and oxygen atoms in total. The molecule has 3 aliphatic rings. The second-order valence-electron chi connectivity index (χ2n) is 6.87. The van der Waals surface area contributed by atoms with Crippen molar-refractivity contribution >= 4 is 0 Å². The van der Waals surface area contributed by atoms with Gasteiger partial charge in [-0.05, 0) is 12.0 Å². The molecule has 3 saturated heterocycles. The standard InChI is InChI=1S/C16H27N3O7/c1-5-8-11(20)12(21-3)7(2)15(24-8)26-13-9-6-23-16(25-9)10(18-19-17)14(13)22-4/h7-16,20H,5-6H2,1-4H3/t7?,8?,9?,10?,11-,12+,13-,14+,15+,16-/m1/s1. The van der Waals surface area contributed by atoms with E-state index in [-0.39, 0.29) is 12.0 Å². The highest BCUT2D eigenvalue weighted by Crippen LogP contribution is 2.37. The number of azide groups is 1. The number of rotatable bonds is 6. The zero-order chi connectivity index (χ0) is 18.8. The normalized spacial score (nSPS) is 48.2. The molecular weight excluding hydrogens is 346 g/mol. The minimum absolute atomic E-state index is 0.215. The van der Waals surface area contributed by atoms with Crippen molar-refractivity contribution in [1.29, 1.82) is 0 Å². The largest absolute Gasteiger partial charge is 0.388 e. The fourth-order valence-electron chi connectivity index (χ4n) is 4.03. The summed E-state index contributed by atoms with van der Waals surface area (Å²) in [6, 6.07) is -0.654. The van der Waals surface area contributed by atoms with Crippen LogP contribution in [0.1, 0.15) is 20.3 Å². The lowest BCUT2D eigenvalue weighted by Crippen LogP contribution is -2.60. The smallest absolute Gasteiger partial charge is 0.169 e. The first-order valence-electron chi connectivity index (χ1n) is 8.91. The van der Waals surface area contributed by atoms with Gasteiger partial charge in [0.2, 0.25) is 0 Å². The number of fused-ring (bicyclic) bond motifs is 2. The maximum absolute atomic E-state index is 10.4. The first kappa shape index (κ1) is 19.8. The highest BCUT2D eigenvalue weighted by Gasteiger charge is 2.54. The molecule has 10 atom stereocenters. The third kappa shape index (κ3) is 3.44. The summed E-state index contributed by atoms with van der Waals surface area (Å²) in [5, 5.41) is 14.2. The van der Waals surface area contributed by atoms with Gasteiger partial charge in [0.25, 0.3) is 0 Å². The maximum atomic E-state index is 10.4. The molecule has 0 radical (unpaired) electrons. The molecule has 0 aromatic heterocycles. The quantitative estimate of drug-likeness (QED) is 0.418. The first-order chi connectivity index (χ1) is 12.5. The van der Waals surface area contributed by atoms with Crippen LogP contribution in [0.25, 0.3) is 10.4 Å². The molecule has 0 amide bonds. The van der Waals surface area contributed by atoms with Crippen LogP contribution in [-0.4, -0.2) is 81.2 Å². The summed E-state index contributed by atoms with van der Waals surface area (Å²) in [7, 11) is 3.10. The SMILES string of the molecule is CCC1O[C@@H](O[C@@H]2C3CO[C@H](O3)C(N=[N+]=[N-])[C@@H]2OC)C(C)[C@H](OC)[C@@H]1O. The van der Waals surface area contributed by atoms with Crippen molar-refractivity contribution < 1.29 is 33.5 Å². The van der Waals surface area contributed by atoms with E-state index in [0.29, 0.717) is 13.0 Å². The Kier molecular flexibility index (Phi) is 6.37. The summed E-state index contributed by atoms with van der Waals surface area (Å²) in [5.74, 6) is -0.215. The van der Waals surface area contributed by atoms with E-state index in [1.807, 2.05) is 13.8 Å². The molecular formula is C16H27N3O7. The number of methoxy groups -OCH3 is 2. The number of aliphatic hydroxyl groups is 1. The average molecular weight is 373 g/mol. The summed E-state index contributed by atoms with van der Waals surface area (Å²) >= 11 is 0. The Morgan fingerprint density at radius 1 is 1.19 bits per heavy atom. The Labute approximate surface area is 152 Å². The third-order valence-corrected chi connectivity index (χ3v) is 5.44. The molecule has 1 N–H and O–H groups in total. The van der Waals surface area contributed by atoms with Crippen LogP contribution in [0.15, 0.2) is 5.11 Å². The lowest BCUT2D eigenvalue weighted by atomic mass is 9.90. The van der Waals surface area contributed by atoms with E-state index >= 15 is 0 Å². The number of hydrogen-bond acceptors (Lipinski definition) is 8. The van der Waals surface area contributed by atoms with E-state index in [0.717, 1.165) is 0 Å². The zero-order valence-corrected chi connectivity index (χ0v) is 15.4. The Balaban J connectivity index is 1.80. The molecule has 0 spiro atoms. The van der Waals surface area contributed by atoms with E-state index in [4.69, 9.17) is 34.0 Å². The fourth-order valence-corrected chi connectivity index (χ4v) is 4.03. The zero-order valence-electron chi connectivity index (χ0n) is 15.4. The lowest BCUT2D eigenvalue weighted by Gasteiger charge is -2.46. The molecule has 3 aliphatic heterocycles. The van der Waals surface area contributed by atoms with Gasteiger partial charge in [-0.25, -0.2) is 0 Å². The molecule has 10 heteroatoms. The first-order valence-corrected chi connectivity index (χ1v) is 8.91. The van der Waals surface area contributed by atoms with Crippen molar-refractivity contribution in [1.82, 2.24) is 0 Å². The van der Waals surface area contributed by atoms with E-state index in [2.05, 4.69) is 10.0 Å². The minimum atomic E-state index is -0.726. The maximum Gasteiger partial charge on any atom is 0.169 e. The molecule has 26 heavy (non-hydrogen) atoms. The van der Waals surface area contributed by atoms with Crippen molar-refractivity contribution in [3.05, 3.63) is 10.4 Å². The molecule has 2 bridgehead atoms. The Morgan fingerprint density at radius 2 is 1.92 bits per heavy atom. The number of hydrogen-bond donors (Lipinski definition) is 1. The third-order valence-electron chi connectivity index (χ3n) is 5.44. The van der Waals surface area contributed by atoms with Gasteiger partial charge < -0.3 is 33.5 Å². The summed E-state index contributed by atoms with van der Waals surface area (Å²) in [4.78, 5) is 2.88. The number of nitrogens with zero attached hydrogens (tertiary/aromatic N) is 3. The number of aliphatic hydroxyl groups excluding tert-OH is 1. The van der Waals surface area contributed by atoms with Crippen molar-refractivity contribution in [3.8, 4) is 0 Å². The van der Waals surface area contributed by atoms with E-state index < -0.39 is 49.1 Å². The monoisotopic (exact) mass is 373 g/mol. The molecule has 0 aliphatic carbocycles. The van der Waals surface area contributed by atoms with Gasteiger partial charge in [0, 0.05) is 25.0 Å². The highest BCUT2D eigenvalue weighted by molar-refractivity contribution is 5.00. The molecule has 3 fully saturated rings. The minimum Gasteiger partial charge on any atom is -0.388 e. The summed E-state index contributed by atoms with van der Waals surface area (Å²) in [5.41, 5.74) is 8.85. The van der Waals surface area contributed by atoms with Crippen molar-refractivity contribution in [3.63, 3.8) is 0 Å². The summed E-state index contributed by atoms with van der Waals surface area (Å²) in [6.45, 7) is 4.15. The van der Waals surface area contributed by atoms with E-state index in [9.17, 15) is 5.11 Å². The van der Waals surface area contributed by atoms with Gasteiger partial charge in [-0.1, -0.05) is 19.0 Å². The molecule has 4 unspecified atom stereocenters. The Morgan fingerprint density at radius 3 is 2.54 bits per heavy atom. The van der Waals surface area contributed by atoms with Crippen LogP contribution in [0.4, 0.5) is 0 Å². The van der Waals surface area contributed by atoms with Crippen LogP contribution in [-0.2, 0) is 28.4 Å². The van der Waals surface area contributed by atoms with Gasteiger partial charge in [-0.15, -0.1) is 0 Å². The van der Waals surface area contributed by atoms with Crippen LogP contribution in [0.3, 0.4) is 0 Å². The van der Waals surface area contributed by atoms with Gasteiger partial charge in [0.15, 0.2) is 12.6 Å². The average Bonchev–Trinajstić information content (AvgIpc) is 3.07. The second kappa shape index (κ2) is 8.37. The predicted molar refractivity (Wildman–Crippen MR) is 88.1 cm³/mol. The van der Waals surface area contributed by atoms with Crippen LogP contribution < -0.4 is 0 Å². The van der Waals surface area contributed by atoms with E-state index in [1.54, 1.807) is 7.11 Å². The van der Waals surface area contributed by atoms with Crippen molar-refractivity contribution in [2.75, 3.05) is 20.8 Å².